The van der Waals surface area contributed by atoms with Crippen molar-refractivity contribution < 1.29 is 23.1 Å². The maximum Gasteiger partial charge on any atom is 0.387 e. The molecular weight excluding hydrogens is 446 g/mol. The minimum Gasteiger partial charge on any atom is -0.435 e. The van der Waals surface area contributed by atoms with Crippen LogP contribution in [-0.2, 0) is 4.79 Å². The third-order valence-electron chi connectivity index (χ3n) is 4.76. The van der Waals surface area contributed by atoms with Crippen LogP contribution >= 0.6 is 11.8 Å². The largest absolute Gasteiger partial charge is 0.435 e. The van der Waals surface area contributed by atoms with Gasteiger partial charge >= 0.3 is 6.61 Å². The molecule has 8 heteroatoms. The Morgan fingerprint density at radius 2 is 1.73 bits per heavy atom. The summed E-state index contributed by atoms with van der Waals surface area (Å²) >= 11 is 1.26. The van der Waals surface area contributed by atoms with Crippen LogP contribution in [0.25, 0.3) is 0 Å². The lowest BCUT2D eigenvalue weighted by atomic mass is 10.1. The topological polar surface area (TPSA) is 67.4 Å². The lowest BCUT2D eigenvalue weighted by Crippen LogP contribution is -2.27. The highest BCUT2D eigenvalue weighted by Crippen LogP contribution is 2.25. The highest BCUT2D eigenvalue weighted by molar-refractivity contribution is 8.00. The Hall–Kier alpha value is -3.39. The molecule has 0 bridgehead atoms. The maximum absolute atomic E-state index is 12.9. The predicted molar refractivity (Wildman–Crippen MR) is 126 cm³/mol. The minimum absolute atomic E-state index is 0.0270. The average molecular weight is 471 g/mol. The zero-order valence-corrected chi connectivity index (χ0v) is 19.0. The van der Waals surface area contributed by atoms with Gasteiger partial charge in [-0.1, -0.05) is 42.0 Å². The molecule has 0 aromatic heterocycles. The summed E-state index contributed by atoms with van der Waals surface area (Å²) in [5, 5.41) is 5.71. The molecule has 0 spiro atoms. The molecule has 5 nitrogen and oxygen atoms in total. The van der Waals surface area contributed by atoms with Crippen LogP contribution in [0.15, 0.2) is 77.7 Å². The second-order valence-electron chi connectivity index (χ2n) is 7.35. The monoisotopic (exact) mass is 470 g/mol. The Morgan fingerprint density at radius 3 is 2.45 bits per heavy atom. The Labute approximate surface area is 195 Å². The van der Waals surface area contributed by atoms with Crippen molar-refractivity contribution in [2.75, 3.05) is 11.1 Å². The molecule has 1 unspecified atom stereocenters. The van der Waals surface area contributed by atoms with E-state index < -0.39 is 12.7 Å². The highest BCUT2D eigenvalue weighted by Gasteiger charge is 2.17. The summed E-state index contributed by atoms with van der Waals surface area (Å²) in [5.41, 5.74) is 2.87. The van der Waals surface area contributed by atoms with E-state index >= 15 is 0 Å². The van der Waals surface area contributed by atoms with Crippen molar-refractivity contribution in [3.8, 4) is 5.75 Å². The van der Waals surface area contributed by atoms with Gasteiger partial charge in [0.2, 0.25) is 5.91 Å². The number of benzene rings is 3. The van der Waals surface area contributed by atoms with Gasteiger partial charge in [0.15, 0.2) is 0 Å². The quantitative estimate of drug-likeness (QED) is 0.387. The summed E-state index contributed by atoms with van der Waals surface area (Å²) in [6, 6.07) is 20.3. The van der Waals surface area contributed by atoms with E-state index in [4.69, 9.17) is 0 Å². The zero-order chi connectivity index (χ0) is 23.8. The van der Waals surface area contributed by atoms with Crippen LogP contribution in [-0.4, -0.2) is 24.2 Å². The summed E-state index contributed by atoms with van der Waals surface area (Å²) in [6.45, 7) is 0.805. The normalized spacial score (nSPS) is 11.7. The summed E-state index contributed by atoms with van der Waals surface area (Å²) in [7, 11) is 0. The molecule has 0 saturated heterocycles. The SMILES string of the molecule is Cc1ccc(NC(=O)CSc2ccccc2C(=O)NC(C)c2cccc(OC(F)F)c2)cc1. The summed E-state index contributed by atoms with van der Waals surface area (Å²) in [6.07, 6.45) is 0. The molecule has 0 radical (unpaired) electrons. The number of carbonyl (C=O) groups is 2. The van der Waals surface area contributed by atoms with Crippen molar-refractivity contribution in [1.82, 2.24) is 5.32 Å². The number of carbonyl (C=O) groups excluding carboxylic acids is 2. The van der Waals surface area contributed by atoms with E-state index in [9.17, 15) is 18.4 Å². The number of rotatable bonds is 9. The lowest BCUT2D eigenvalue weighted by molar-refractivity contribution is -0.113. The highest BCUT2D eigenvalue weighted by atomic mass is 32.2. The Bertz CT molecular complexity index is 1110. The van der Waals surface area contributed by atoms with Crippen molar-refractivity contribution >= 4 is 29.3 Å². The number of halogens is 2. The number of hydrogen-bond donors (Lipinski definition) is 2. The van der Waals surface area contributed by atoms with Crippen LogP contribution in [0.5, 0.6) is 5.75 Å². The van der Waals surface area contributed by atoms with Crippen molar-refractivity contribution in [1.29, 1.82) is 0 Å². The molecule has 33 heavy (non-hydrogen) atoms. The number of hydrogen-bond acceptors (Lipinski definition) is 4. The number of amides is 2. The van der Waals surface area contributed by atoms with Crippen molar-refractivity contribution in [2.24, 2.45) is 0 Å². The zero-order valence-electron chi connectivity index (χ0n) is 18.2. The summed E-state index contributed by atoms with van der Waals surface area (Å²) in [4.78, 5) is 25.9. The third-order valence-corrected chi connectivity index (χ3v) is 5.83. The molecular formula is C25H24F2N2O3S. The second kappa shape index (κ2) is 11.5. The second-order valence-corrected chi connectivity index (χ2v) is 8.36. The molecule has 2 N–H and O–H groups in total. The van der Waals surface area contributed by atoms with E-state index in [1.807, 2.05) is 31.2 Å². The maximum atomic E-state index is 12.9. The van der Waals surface area contributed by atoms with E-state index in [2.05, 4.69) is 15.4 Å². The summed E-state index contributed by atoms with van der Waals surface area (Å²) in [5.74, 6) is -0.340. The smallest absolute Gasteiger partial charge is 0.387 e. The number of alkyl halides is 2. The first kappa shape index (κ1) is 24.3. The first-order chi connectivity index (χ1) is 15.8. The fourth-order valence-electron chi connectivity index (χ4n) is 3.08. The molecule has 172 valence electrons. The van der Waals surface area contributed by atoms with Gasteiger partial charge in [-0.3, -0.25) is 9.59 Å². The van der Waals surface area contributed by atoms with Gasteiger partial charge in [0.05, 0.1) is 17.4 Å². The first-order valence-corrected chi connectivity index (χ1v) is 11.2. The summed E-state index contributed by atoms with van der Waals surface area (Å²) < 4.78 is 29.4. The molecule has 2 amide bonds. The molecule has 0 heterocycles. The van der Waals surface area contributed by atoms with Crippen LogP contribution in [0.3, 0.4) is 0 Å². The van der Waals surface area contributed by atoms with E-state index in [0.29, 0.717) is 21.7 Å². The van der Waals surface area contributed by atoms with Crippen LogP contribution in [0.2, 0.25) is 0 Å². The number of aryl methyl sites for hydroxylation is 1. The molecule has 0 fully saturated rings. The third kappa shape index (κ3) is 7.32. The van der Waals surface area contributed by atoms with Gasteiger partial charge in [0.25, 0.3) is 5.91 Å². The van der Waals surface area contributed by atoms with Gasteiger partial charge in [-0.15, -0.1) is 11.8 Å². The Balaban J connectivity index is 1.62. The van der Waals surface area contributed by atoms with Crippen LogP contribution in [0.4, 0.5) is 14.5 Å². The van der Waals surface area contributed by atoms with Crippen molar-refractivity contribution in [3.63, 3.8) is 0 Å². The van der Waals surface area contributed by atoms with Gasteiger partial charge in [-0.05, 0) is 55.8 Å². The molecule has 3 aromatic carbocycles. The van der Waals surface area contributed by atoms with E-state index in [1.165, 1.54) is 23.9 Å². The Morgan fingerprint density at radius 1 is 1.00 bits per heavy atom. The average Bonchev–Trinajstić information content (AvgIpc) is 2.79. The molecule has 1 atom stereocenters. The number of anilines is 1. The predicted octanol–water partition coefficient (Wildman–Crippen LogP) is 5.82. The fourth-order valence-corrected chi connectivity index (χ4v) is 3.92. The van der Waals surface area contributed by atoms with Gasteiger partial charge in [-0.2, -0.15) is 8.78 Å². The number of nitrogens with one attached hydrogen (secondary N) is 2. The molecule has 3 aromatic rings. The van der Waals surface area contributed by atoms with Crippen LogP contribution < -0.4 is 15.4 Å². The standard InChI is InChI=1S/C25H24F2N2O3S/c1-16-10-12-19(13-11-16)29-23(30)15-33-22-9-4-3-8-21(22)24(31)28-17(2)18-6-5-7-20(14-18)32-25(26)27/h3-14,17,25H,15H2,1-2H3,(H,28,31)(H,29,30). The minimum atomic E-state index is -2.92. The molecule has 0 aliphatic carbocycles. The van der Waals surface area contributed by atoms with Crippen LogP contribution in [0, 0.1) is 6.92 Å². The van der Waals surface area contributed by atoms with Gasteiger partial charge in [0.1, 0.15) is 5.75 Å². The van der Waals surface area contributed by atoms with Crippen molar-refractivity contribution in [2.45, 2.75) is 31.4 Å². The van der Waals surface area contributed by atoms with Gasteiger partial charge < -0.3 is 15.4 Å². The van der Waals surface area contributed by atoms with E-state index in [0.717, 1.165) is 5.56 Å². The number of thioether (sulfide) groups is 1. The molecule has 3 rings (SSSR count). The van der Waals surface area contributed by atoms with E-state index in [1.54, 1.807) is 43.3 Å². The van der Waals surface area contributed by atoms with E-state index in [-0.39, 0.29) is 23.3 Å². The van der Waals surface area contributed by atoms with Crippen molar-refractivity contribution in [3.05, 3.63) is 89.5 Å². The molecule has 0 aliphatic heterocycles. The van der Waals surface area contributed by atoms with Gasteiger partial charge in [-0.25, -0.2) is 0 Å². The fraction of sp³-hybridized carbons (Fsp3) is 0.200. The number of ether oxygens (including phenoxy) is 1. The molecule has 0 saturated carbocycles. The lowest BCUT2D eigenvalue weighted by Gasteiger charge is -2.17. The molecule has 0 aliphatic rings. The van der Waals surface area contributed by atoms with Crippen LogP contribution in [0.1, 0.15) is 34.5 Å². The van der Waals surface area contributed by atoms with Gasteiger partial charge in [0, 0.05) is 10.6 Å². The first-order valence-electron chi connectivity index (χ1n) is 10.3. The Kier molecular flexibility index (Phi) is 8.43.